The van der Waals surface area contributed by atoms with Crippen LogP contribution in [0.5, 0.6) is 11.5 Å². The third kappa shape index (κ3) is 4.50. The first-order valence-corrected chi connectivity index (χ1v) is 12.3. The van der Waals surface area contributed by atoms with Crippen LogP contribution in [0.25, 0.3) is 5.76 Å². The summed E-state index contributed by atoms with van der Waals surface area (Å²) in [6, 6.07) is 15.2. The summed E-state index contributed by atoms with van der Waals surface area (Å²) < 4.78 is 10.7. The SMILES string of the molecule is COc1ccc(/C(O)=C2/C(=O)C(=O)N(c3ccc(N4CCCCC4)cc3)C2c2cccnc2)cc1OC. The summed E-state index contributed by atoms with van der Waals surface area (Å²) in [7, 11) is 3.01. The van der Waals surface area contributed by atoms with Crippen LogP contribution in [0.1, 0.15) is 36.4 Å². The molecule has 3 aromatic rings. The summed E-state index contributed by atoms with van der Waals surface area (Å²) in [6.45, 7) is 2.01. The van der Waals surface area contributed by atoms with Crippen LogP contribution in [-0.4, -0.2) is 49.1 Å². The summed E-state index contributed by atoms with van der Waals surface area (Å²) in [4.78, 5) is 34.8. The number of nitrogens with zero attached hydrogens (tertiary/aromatic N) is 3. The highest BCUT2D eigenvalue weighted by Crippen LogP contribution is 2.43. The first-order valence-electron chi connectivity index (χ1n) is 12.3. The Bertz CT molecular complexity index is 1330. The smallest absolute Gasteiger partial charge is 0.300 e. The summed E-state index contributed by atoms with van der Waals surface area (Å²) in [6.07, 6.45) is 6.79. The van der Waals surface area contributed by atoms with E-state index in [1.54, 1.807) is 42.7 Å². The number of rotatable bonds is 6. The Morgan fingerprint density at radius 2 is 1.62 bits per heavy atom. The number of methoxy groups -OCH3 is 2. The largest absolute Gasteiger partial charge is 0.507 e. The molecule has 37 heavy (non-hydrogen) atoms. The molecular formula is C29H29N3O5. The molecule has 0 radical (unpaired) electrons. The maximum atomic E-state index is 13.4. The minimum atomic E-state index is -0.845. The number of aliphatic hydroxyl groups excluding tert-OH is 1. The molecule has 0 aliphatic carbocycles. The number of benzene rings is 2. The van der Waals surface area contributed by atoms with Gasteiger partial charge in [-0.15, -0.1) is 0 Å². The molecule has 3 heterocycles. The minimum Gasteiger partial charge on any atom is -0.507 e. The summed E-state index contributed by atoms with van der Waals surface area (Å²) in [5.74, 6) is -0.882. The molecule has 1 atom stereocenters. The first-order chi connectivity index (χ1) is 18.0. The van der Waals surface area contributed by atoms with E-state index in [-0.39, 0.29) is 11.3 Å². The number of carbonyl (C=O) groups excluding carboxylic acids is 2. The Balaban J connectivity index is 1.60. The van der Waals surface area contributed by atoms with Gasteiger partial charge in [-0.3, -0.25) is 19.5 Å². The number of aliphatic hydroxyl groups is 1. The van der Waals surface area contributed by atoms with Crippen LogP contribution in [0.2, 0.25) is 0 Å². The second-order valence-electron chi connectivity index (χ2n) is 9.09. The molecule has 1 amide bonds. The van der Waals surface area contributed by atoms with E-state index < -0.39 is 17.7 Å². The highest BCUT2D eigenvalue weighted by molar-refractivity contribution is 6.51. The molecular weight excluding hydrogens is 470 g/mol. The Kier molecular flexibility index (Phi) is 6.81. The summed E-state index contributed by atoms with van der Waals surface area (Å²) in [5, 5.41) is 11.4. The maximum Gasteiger partial charge on any atom is 0.300 e. The summed E-state index contributed by atoms with van der Waals surface area (Å²) in [5.41, 5.74) is 2.60. The van der Waals surface area contributed by atoms with Crippen LogP contribution in [0.15, 0.2) is 72.6 Å². The van der Waals surface area contributed by atoms with E-state index >= 15 is 0 Å². The van der Waals surface area contributed by atoms with Gasteiger partial charge in [-0.05, 0) is 73.4 Å². The lowest BCUT2D eigenvalue weighted by Gasteiger charge is -2.30. The Morgan fingerprint density at radius 1 is 0.919 bits per heavy atom. The van der Waals surface area contributed by atoms with Crippen molar-refractivity contribution >= 4 is 28.8 Å². The zero-order valence-corrected chi connectivity index (χ0v) is 20.9. The maximum absolute atomic E-state index is 13.4. The van der Waals surface area contributed by atoms with Crippen LogP contribution in [-0.2, 0) is 9.59 Å². The molecule has 1 unspecified atom stereocenters. The average Bonchev–Trinajstić information content (AvgIpc) is 3.23. The van der Waals surface area contributed by atoms with Crippen molar-refractivity contribution in [2.24, 2.45) is 0 Å². The lowest BCUT2D eigenvalue weighted by molar-refractivity contribution is -0.132. The molecule has 2 aliphatic heterocycles. The van der Waals surface area contributed by atoms with Gasteiger partial charge in [0.15, 0.2) is 11.5 Å². The van der Waals surface area contributed by atoms with Crippen molar-refractivity contribution in [2.75, 3.05) is 37.1 Å². The van der Waals surface area contributed by atoms with Gasteiger partial charge in [-0.2, -0.15) is 0 Å². The van der Waals surface area contributed by atoms with E-state index in [0.717, 1.165) is 31.6 Å². The second-order valence-corrected chi connectivity index (χ2v) is 9.09. The third-order valence-corrected chi connectivity index (χ3v) is 6.95. The molecule has 2 saturated heterocycles. The number of pyridine rings is 1. The van der Waals surface area contributed by atoms with Crippen LogP contribution in [0, 0.1) is 0 Å². The van der Waals surface area contributed by atoms with E-state index in [9.17, 15) is 14.7 Å². The van der Waals surface area contributed by atoms with Crippen LogP contribution in [0.4, 0.5) is 11.4 Å². The molecule has 190 valence electrons. The van der Waals surface area contributed by atoms with Gasteiger partial charge >= 0.3 is 0 Å². The molecule has 5 rings (SSSR count). The van der Waals surface area contributed by atoms with E-state index in [2.05, 4.69) is 9.88 Å². The number of Topliss-reactive ketones (excluding diaryl/α,β-unsaturated/α-hetero) is 1. The zero-order chi connectivity index (χ0) is 25.9. The average molecular weight is 500 g/mol. The highest BCUT2D eigenvalue weighted by atomic mass is 16.5. The highest BCUT2D eigenvalue weighted by Gasteiger charge is 2.47. The van der Waals surface area contributed by atoms with Gasteiger partial charge in [0.25, 0.3) is 11.7 Å². The van der Waals surface area contributed by atoms with Gasteiger partial charge in [-0.1, -0.05) is 6.07 Å². The predicted octanol–water partition coefficient (Wildman–Crippen LogP) is 4.72. The van der Waals surface area contributed by atoms with E-state index in [1.807, 2.05) is 24.3 Å². The van der Waals surface area contributed by atoms with Gasteiger partial charge in [0.2, 0.25) is 0 Å². The van der Waals surface area contributed by atoms with Gasteiger partial charge in [0, 0.05) is 42.4 Å². The quantitative estimate of drug-likeness (QED) is 0.298. The number of carbonyl (C=O) groups is 2. The predicted molar refractivity (Wildman–Crippen MR) is 141 cm³/mol. The number of ether oxygens (including phenoxy) is 2. The summed E-state index contributed by atoms with van der Waals surface area (Å²) >= 11 is 0. The number of anilines is 2. The van der Waals surface area contributed by atoms with E-state index in [1.165, 1.54) is 25.5 Å². The number of hydrogen-bond acceptors (Lipinski definition) is 7. The van der Waals surface area contributed by atoms with Gasteiger partial charge in [0.1, 0.15) is 5.76 Å². The second kappa shape index (κ2) is 10.3. The van der Waals surface area contributed by atoms with Crippen molar-refractivity contribution in [3.8, 4) is 11.5 Å². The molecule has 0 saturated carbocycles. The number of piperidine rings is 1. The Morgan fingerprint density at radius 3 is 2.27 bits per heavy atom. The standard InChI is InChI=1S/C29H29N3O5/c1-36-23-13-8-19(17-24(23)37-2)27(33)25-26(20-7-6-14-30-18-20)32(29(35)28(25)34)22-11-9-21(10-12-22)31-15-4-3-5-16-31/h6-14,17-18,26,33H,3-5,15-16H2,1-2H3/b27-25-. The zero-order valence-electron chi connectivity index (χ0n) is 20.9. The Labute approximate surface area is 215 Å². The monoisotopic (exact) mass is 499 g/mol. The lowest BCUT2D eigenvalue weighted by atomic mass is 9.96. The first kappa shape index (κ1) is 24.4. The van der Waals surface area contributed by atoms with Crippen molar-refractivity contribution < 1.29 is 24.2 Å². The van der Waals surface area contributed by atoms with E-state index in [0.29, 0.717) is 28.3 Å². The fourth-order valence-electron chi connectivity index (χ4n) is 5.07. The van der Waals surface area contributed by atoms with Crippen LogP contribution >= 0.6 is 0 Å². The van der Waals surface area contributed by atoms with Crippen molar-refractivity contribution in [1.82, 2.24) is 4.98 Å². The normalized spacial score (nSPS) is 19.2. The van der Waals surface area contributed by atoms with Gasteiger partial charge < -0.3 is 19.5 Å². The van der Waals surface area contributed by atoms with Crippen LogP contribution < -0.4 is 19.3 Å². The molecule has 0 bridgehead atoms. The molecule has 2 aliphatic rings. The minimum absolute atomic E-state index is 0.00896. The third-order valence-electron chi connectivity index (χ3n) is 6.95. The molecule has 0 spiro atoms. The molecule has 1 N–H and O–H groups in total. The fraction of sp³-hybridized carbons (Fsp3) is 0.276. The number of aromatic nitrogens is 1. The molecule has 2 fully saturated rings. The molecule has 8 heteroatoms. The number of hydrogen-bond donors (Lipinski definition) is 1. The van der Waals surface area contributed by atoms with Crippen molar-refractivity contribution in [3.05, 3.63) is 83.7 Å². The molecule has 1 aromatic heterocycles. The van der Waals surface area contributed by atoms with E-state index in [4.69, 9.17) is 9.47 Å². The van der Waals surface area contributed by atoms with Gasteiger partial charge in [0.05, 0.1) is 25.8 Å². The molecule has 8 nitrogen and oxygen atoms in total. The van der Waals surface area contributed by atoms with Crippen LogP contribution in [0.3, 0.4) is 0 Å². The van der Waals surface area contributed by atoms with Crippen molar-refractivity contribution in [2.45, 2.75) is 25.3 Å². The fourth-order valence-corrected chi connectivity index (χ4v) is 5.07. The number of ketones is 1. The molecule has 2 aromatic carbocycles. The number of amides is 1. The van der Waals surface area contributed by atoms with Crippen molar-refractivity contribution in [3.63, 3.8) is 0 Å². The lowest BCUT2D eigenvalue weighted by Crippen LogP contribution is -2.30. The van der Waals surface area contributed by atoms with Gasteiger partial charge in [-0.25, -0.2) is 0 Å². The topological polar surface area (TPSA) is 92.2 Å². The van der Waals surface area contributed by atoms with Crippen molar-refractivity contribution in [1.29, 1.82) is 0 Å². The Hall–Kier alpha value is -4.33.